The highest BCUT2D eigenvalue weighted by atomic mass is 31.2. The molecule has 1 heterocycles. The van der Waals surface area contributed by atoms with Crippen LogP contribution in [0, 0.1) is 0 Å². The lowest BCUT2D eigenvalue weighted by Gasteiger charge is -2.08. The van der Waals surface area contributed by atoms with Crippen molar-refractivity contribution in [2.75, 3.05) is 12.8 Å². The molecular weight excluding hydrogens is 151 g/mol. The predicted molar refractivity (Wildman–Crippen MR) is 39.2 cm³/mol. The first-order chi connectivity index (χ1) is 4.66. The Hall–Kier alpha value is -0.110. The molecule has 0 spiro atoms. The van der Waals surface area contributed by atoms with Crippen molar-refractivity contribution in [2.45, 2.75) is 13.0 Å². The average Bonchev–Trinajstić information content (AvgIpc) is 2.12. The van der Waals surface area contributed by atoms with Crippen LogP contribution in [0.15, 0.2) is 11.9 Å². The molecule has 0 saturated carbocycles. The first kappa shape index (κ1) is 7.99. The Balaban J connectivity index is 2.57. The third-order valence-corrected chi connectivity index (χ3v) is 3.53. The standard InChI is InChI=1S/C6H11O3P/c1-2-9-10(8)4-3-6(7)5-10/h3-4,6-7H,2,5H2,1H3. The lowest BCUT2D eigenvalue weighted by molar-refractivity contribution is 0.243. The lowest BCUT2D eigenvalue weighted by atomic mass is 10.4. The maximum atomic E-state index is 11.4. The Morgan fingerprint density at radius 1 is 1.90 bits per heavy atom. The van der Waals surface area contributed by atoms with Crippen molar-refractivity contribution in [2.24, 2.45) is 0 Å². The maximum absolute atomic E-state index is 11.4. The summed E-state index contributed by atoms with van der Waals surface area (Å²) in [6, 6.07) is 0. The molecule has 10 heavy (non-hydrogen) atoms. The summed E-state index contributed by atoms with van der Waals surface area (Å²) in [6.45, 7) is 2.23. The zero-order valence-corrected chi connectivity index (χ0v) is 6.75. The van der Waals surface area contributed by atoms with E-state index in [1.165, 1.54) is 11.9 Å². The second-order valence-corrected chi connectivity index (χ2v) is 4.61. The highest BCUT2D eigenvalue weighted by Crippen LogP contribution is 2.52. The largest absolute Gasteiger partial charge is 0.388 e. The van der Waals surface area contributed by atoms with Crippen molar-refractivity contribution in [1.82, 2.24) is 0 Å². The lowest BCUT2D eigenvalue weighted by Crippen LogP contribution is -2.03. The molecule has 58 valence electrons. The molecule has 4 heteroatoms. The van der Waals surface area contributed by atoms with Crippen LogP contribution in [0.3, 0.4) is 0 Å². The summed E-state index contributed by atoms with van der Waals surface area (Å²) in [7, 11) is -2.56. The first-order valence-corrected chi connectivity index (χ1v) is 5.15. The van der Waals surface area contributed by atoms with Crippen LogP contribution < -0.4 is 0 Å². The van der Waals surface area contributed by atoms with E-state index in [1.54, 1.807) is 6.92 Å². The van der Waals surface area contributed by atoms with Gasteiger partial charge in [0.25, 0.3) is 0 Å². The van der Waals surface area contributed by atoms with Crippen LogP contribution in [0.5, 0.6) is 0 Å². The summed E-state index contributed by atoms with van der Waals surface area (Å²) in [5, 5.41) is 8.95. The highest BCUT2D eigenvalue weighted by molar-refractivity contribution is 7.62. The average molecular weight is 162 g/mol. The monoisotopic (exact) mass is 162 g/mol. The van der Waals surface area contributed by atoms with E-state index in [0.717, 1.165) is 0 Å². The van der Waals surface area contributed by atoms with Gasteiger partial charge in [-0.25, -0.2) is 0 Å². The molecule has 0 aromatic rings. The summed E-state index contributed by atoms with van der Waals surface area (Å²) >= 11 is 0. The van der Waals surface area contributed by atoms with Gasteiger partial charge in [-0.15, -0.1) is 0 Å². The summed E-state index contributed by atoms with van der Waals surface area (Å²) < 4.78 is 16.3. The molecule has 0 amide bonds. The van der Waals surface area contributed by atoms with Gasteiger partial charge in [0.2, 0.25) is 7.37 Å². The Bertz CT molecular complexity index is 187. The summed E-state index contributed by atoms with van der Waals surface area (Å²) in [4.78, 5) is 0. The van der Waals surface area contributed by atoms with Crippen molar-refractivity contribution in [3.05, 3.63) is 11.9 Å². The van der Waals surface area contributed by atoms with Gasteiger partial charge in [0.05, 0.1) is 18.9 Å². The minimum absolute atomic E-state index is 0.251. The highest BCUT2D eigenvalue weighted by Gasteiger charge is 2.27. The number of hydrogen-bond acceptors (Lipinski definition) is 3. The van der Waals surface area contributed by atoms with Crippen molar-refractivity contribution in [3.8, 4) is 0 Å². The molecule has 0 bridgehead atoms. The quantitative estimate of drug-likeness (QED) is 0.620. The first-order valence-electron chi connectivity index (χ1n) is 3.27. The smallest absolute Gasteiger partial charge is 0.227 e. The zero-order valence-electron chi connectivity index (χ0n) is 5.86. The molecule has 0 aromatic carbocycles. The molecule has 0 aromatic heterocycles. The number of rotatable bonds is 2. The van der Waals surface area contributed by atoms with Crippen molar-refractivity contribution >= 4 is 7.37 Å². The normalized spacial score (nSPS) is 38.8. The summed E-state index contributed by atoms with van der Waals surface area (Å²) in [5.74, 6) is 1.49. The van der Waals surface area contributed by atoms with E-state index < -0.39 is 13.5 Å². The Morgan fingerprint density at radius 2 is 2.60 bits per heavy atom. The predicted octanol–water partition coefficient (Wildman–Crippen LogP) is 1.19. The van der Waals surface area contributed by atoms with Crippen LogP contribution in [0.25, 0.3) is 0 Å². The number of aliphatic hydroxyl groups is 1. The topological polar surface area (TPSA) is 46.5 Å². The Labute approximate surface area is 60.2 Å². The van der Waals surface area contributed by atoms with Gasteiger partial charge in [0, 0.05) is 0 Å². The van der Waals surface area contributed by atoms with Crippen LogP contribution in [0.2, 0.25) is 0 Å². The van der Waals surface area contributed by atoms with E-state index in [1.807, 2.05) is 0 Å². The van der Waals surface area contributed by atoms with E-state index in [4.69, 9.17) is 9.63 Å². The fourth-order valence-electron chi connectivity index (χ4n) is 0.927. The minimum Gasteiger partial charge on any atom is -0.388 e. The molecule has 3 nitrogen and oxygen atoms in total. The van der Waals surface area contributed by atoms with Crippen LogP contribution >= 0.6 is 7.37 Å². The van der Waals surface area contributed by atoms with Crippen molar-refractivity contribution < 1.29 is 14.2 Å². The second-order valence-electron chi connectivity index (χ2n) is 2.24. The summed E-state index contributed by atoms with van der Waals surface area (Å²) in [6.07, 6.45) is 1.20. The molecule has 0 aliphatic carbocycles. The van der Waals surface area contributed by atoms with Crippen LogP contribution in [0.1, 0.15) is 6.92 Å². The van der Waals surface area contributed by atoms with Gasteiger partial charge in [-0.1, -0.05) is 0 Å². The molecular formula is C6H11O3P. The fourth-order valence-corrected chi connectivity index (χ4v) is 2.78. The Morgan fingerprint density at radius 3 is 3.00 bits per heavy atom. The molecule has 1 aliphatic heterocycles. The van der Waals surface area contributed by atoms with E-state index in [9.17, 15) is 4.57 Å². The third-order valence-electron chi connectivity index (χ3n) is 1.32. The van der Waals surface area contributed by atoms with Gasteiger partial charge < -0.3 is 9.63 Å². The Kier molecular flexibility index (Phi) is 2.29. The van der Waals surface area contributed by atoms with E-state index in [2.05, 4.69) is 0 Å². The van der Waals surface area contributed by atoms with E-state index in [0.29, 0.717) is 6.61 Å². The third kappa shape index (κ3) is 1.69. The molecule has 0 fully saturated rings. The maximum Gasteiger partial charge on any atom is 0.227 e. The van der Waals surface area contributed by atoms with Gasteiger partial charge in [0.1, 0.15) is 0 Å². The zero-order chi connectivity index (χ0) is 7.61. The van der Waals surface area contributed by atoms with E-state index >= 15 is 0 Å². The van der Waals surface area contributed by atoms with Gasteiger partial charge in [-0.3, -0.25) is 4.57 Å². The molecule has 1 N–H and O–H groups in total. The molecule has 2 atom stereocenters. The molecule has 0 radical (unpaired) electrons. The summed E-state index contributed by atoms with van der Waals surface area (Å²) in [5.41, 5.74) is 0. The SMILES string of the molecule is CCOP1(=O)C=CC(O)C1. The second kappa shape index (κ2) is 2.87. The van der Waals surface area contributed by atoms with E-state index in [-0.39, 0.29) is 6.16 Å². The van der Waals surface area contributed by atoms with Crippen LogP contribution in [0.4, 0.5) is 0 Å². The number of aliphatic hydroxyl groups excluding tert-OH is 1. The van der Waals surface area contributed by atoms with Gasteiger partial charge in [-0.05, 0) is 18.8 Å². The molecule has 2 unspecified atom stereocenters. The van der Waals surface area contributed by atoms with Crippen LogP contribution in [-0.4, -0.2) is 24.0 Å². The minimum atomic E-state index is -2.56. The van der Waals surface area contributed by atoms with Gasteiger partial charge in [-0.2, -0.15) is 0 Å². The van der Waals surface area contributed by atoms with Gasteiger partial charge >= 0.3 is 0 Å². The van der Waals surface area contributed by atoms with Gasteiger partial charge in [0.15, 0.2) is 0 Å². The van der Waals surface area contributed by atoms with Crippen LogP contribution in [-0.2, 0) is 9.09 Å². The van der Waals surface area contributed by atoms with Crippen molar-refractivity contribution in [1.29, 1.82) is 0 Å². The molecule has 0 saturated heterocycles. The molecule has 1 rings (SSSR count). The fraction of sp³-hybridized carbons (Fsp3) is 0.667. The molecule has 1 aliphatic rings. The number of hydrogen-bond donors (Lipinski definition) is 1. The van der Waals surface area contributed by atoms with Crippen molar-refractivity contribution in [3.63, 3.8) is 0 Å².